The van der Waals surface area contributed by atoms with Gasteiger partial charge in [-0.1, -0.05) is 62.9 Å². The first kappa shape index (κ1) is 21.7. The highest BCUT2D eigenvalue weighted by Gasteiger charge is 2.25. The molecular weight excluding hydrogens is 398 g/mol. The Bertz CT molecular complexity index is 981. The van der Waals surface area contributed by atoms with Crippen LogP contribution in [0.25, 0.3) is 0 Å². The number of nitrogens with zero attached hydrogens (tertiary/aromatic N) is 3. The van der Waals surface area contributed by atoms with E-state index in [0.29, 0.717) is 23.3 Å². The number of aromatic nitrogens is 3. The Morgan fingerprint density at radius 1 is 1.13 bits per heavy atom. The largest absolute Gasteiger partial charge is 0.489 e. The van der Waals surface area contributed by atoms with Gasteiger partial charge >= 0.3 is 0 Å². The number of thioether (sulfide) groups is 1. The van der Waals surface area contributed by atoms with Gasteiger partial charge in [-0.25, -0.2) is 4.68 Å². The molecule has 8 heteroatoms. The summed E-state index contributed by atoms with van der Waals surface area (Å²) in [6, 6.07) is 17.3. The van der Waals surface area contributed by atoms with Crippen molar-refractivity contribution in [1.82, 2.24) is 14.9 Å². The predicted octanol–water partition coefficient (Wildman–Crippen LogP) is 3.99. The lowest BCUT2D eigenvalue weighted by Gasteiger charge is -2.17. The van der Waals surface area contributed by atoms with Gasteiger partial charge in [0, 0.05) is 11.1 Å². The van der Waals surface area contributed by atoms with Crippen molar-refractivity contribution in [3.63, 3.8) is 0 Å². The highest BCUT2D eigenvalue weighted by Crippen LogP contribution is 2.26. The molecule has 1 amide bonds. The van der Waals surface area contributed by atoms with E-state index >= 15 is 0 Å². The van der Waals surface area contributed by atoms with Gasteiger partial charge in [-0.3, -0.25) is 4.79 Å². The zero-order valence-electron chi connectivity index (χ0n) is 17.6. The third kappa shape index (κ3) is 5.54. The molecule has 3 N–H and O–H groups in total. The molecule has 0 saturated heterocycles. The maximum absolute atomic E-state index is 12.6. The standard InChI is InChI=1S/C22H27N5O2S/c1-15(30-21-26-25-20(27(21)23)22(2,3)4)19(28)24-17-10-12-18(13-11-17)29-14-16-8-6-5-7-9-16/h5-13,15H,14,23H2,1-4H3,(H,24,28). The van der Waals surface area contributed by atoms with Crippen LogP contribution in [0.1, 0.15) is 39.1 Å². The minimum Gasteiger partial charge on any atom is -0.489 e. The van der Waals surface area contributed by atoms with Crippen molar-refractivity contribution < 1.29 is 9.53 Å². The number of carbonyl (C=O) groups excluding carboxylic acids is 1. The van der Waals surface area contributed by atoms with Crippen LogP contribution in [-0.2, 0) is 16.8 Å². The van der Waals surface area contributed by atoms with E-state index in [1.807, 2.05) is 82.3 Å². The smallest absolute Gasteiger partial charge is 0.237 e. The van der Waals surface area contributed by atoms with Crippen molar-refractivity contribution in [3.8, 4) is 5.75 Å². The molecule has 0 aliphatic heterocycles. The van der Waals surface area contributed by atoms with Crippen molar-refractivity contribution in [1.29, 1.82) is 0 Å². The molecule has 1 heterocycles. The number of nitrogen functional groups attached to an aromatic ring is 1. The number of nitrogens with two attached hydrogens (primary N) is 1. The van der Waals surface area contributed by atoms with Gasteiger partial charge in [0.05, 0.1) is 5.25 Å². The number of ether oxygens (including phenoxy) is 1. The molecule has 3 aromatic rings. The van der Waals surface area contributed by atoms with E-state index in [0.717, 1.165) is 11.3 Å². The highest BCUT2D eigenvalue weighted by atomic mass is 32.2. The van der Waals surface area contributed by atoms with E-state index < -0.39 is 5.25 Å². The van der Waals surface area contributed by atoms with E-state index in [1.165, 1.54) is 16.4 Å². The predicted molar refractivity (Wildman–Crippen MR) is 120 cm³/mol. The van der Waals surface area contributed by atoms with Crippen molar-refractivity contribution in [2.75, 3.05) is 11.2 Å². The molecule has 0 aliphatic rings. The molecule has 0 spiro atoms. The van der Waals surface area contributed by atoms with Crippen LogP contribution in [0.2, 0.25) is 0 Å². The molecule has 1 atom stereocenters. The molecule has 2 aromatic carbocycles. The summed E-state index contributed by atoms with van der Waals surface area (Å²) in [6.07, 6.45) is 0. The summed E-state index contributed by atoms with van der Waals surface area (Å²) < 4.78 is 7.22. The molecule has 1 unspecified atom stereocenters. The molecule has 1 aromatic heterocycles. The van der Waals surface area contributed by atoms with Crippen LogP contribution in [0.15, 0.2) is 59.8 Å². The second-order valence-electron chi connectivity index (χ2n) is 7.97. The number of benzene rings is 2. The van der Waals surface area contributed by atoms with Gasteiger partial charge < -0.3 is 15.9 Å². The third-order valence-corrected chi connectivity index (χ3v) is 5.41. The van der Waals surface area contributed by atoms with Gasteiger partial charge in [0.2, 0.25) is 11.1 Å². The van der Waals surface area contributed by atoms with Crippen LogP contribution >= 0.6 is 11.8 Å². The van der Waals surface area contributed by atoms with Crippen molar-refractivity contribution >= 4 is 23.4 Å². The number of anilines is 1. The van der Waals surface area contributed by atoms with E-state index in [9.17, 15) is 4.79 Å². The van der Waals surface area contributed by atoms with E-state index in [-0.39, 0.29) is 11.3 Å². The molecule has 158 valence electrons. The lowest BCUT2D eigenvalue weighted by atomic mass is 9.96. The minimum atomic E-state index is -0.390. The summed E-state index contributed by atoms with van der Waals surface area (Å²) in [5.74, 6) is 7.37. The molecule has 30 heavy (non-hydrogen) atoms. The minimum absolute atomic E-state index is 0.140. The average molecular weight is 426 g/mol. The van der Waals surface area contributed by atoms with Crippen molar-refractivity contribution in [2.45, 2.75) is 50.1 Å². The van der Waals surface area contributed by atoms with Gasteiger partial charge in [-0.2, -0.15) is 0 Å². The first-order valence-electron chi connectivity index (χ1n) is 9.69. The van der Waals surface area contributed by atoms with Gasteiger partial charge in [-0.05, 0) is 36.8 Å². The Morgan fingerprint density at radius 2 is 1.80 bits per heavy atom. The van der Waals surface area contributed by atoms with Crippen LogP contribution in [0, 0.1) is 0 Å². The first-order chi connectivity index (χ1) is 14.2. The topological polar surface area (TPSA) is 95.1 Å². The van der Waals surface area contributed by atoms with Gasteiger partial charge in [0.15, 0.2) is 5.82 Å². The maximum atomic E-state index is 12.6. The Labute approximate surface area is 181 Å². The number of hydrogen-bond donors (Lipinski definition) is 2. The summed E-state index contributed by atoms with van der Waals surface area (Å²) in [4.78, 5) is 12.6. The zero-order valence-corrected chi connectivity index (χ0v) is 18.4. The van der Waals surface area contributed by atoms with Crippen LogP contribution in [0.3, 0.4) is 0 Å². The SMILES string of the molecule is CC(Sc1nnc(C(C)(C)C)n1N)C(=O)Nc1ccc(OCc2ccccc2)cc1. The van der Waals surface area contributed by atoms with Crippen molar-refractivity contribution in [2.24, 2.45) is 0 Å². The lowest BCUT2D eigenvalue weighted by Crippen LogP contribution is -2.26. The van der Waals surface area contributed by atoms with E-state index in [1.54, 1.807) is 0 Å². The van der Waals surface area contributed by atoms with Crippen molar-refractivity contribution in [3.05, 3.63) is 66.0 Å². The number of hydrogen-bond acceptors (Lipinski definition) is 6. The van der Waals surface area contributed by atoms with Crippen LogP contribution in [-0.4, -0.2) is 26.0 Å². The quantitative estimate of drug-likeness (QED) is 0.439. The average Bonchev–Trinajstić information content (AvgIpc) is 3.09. The second kappa shape index (κ2) is 9.21. The van der Waals surface area contributed by atoms with Crippen LogP contribution in [0.4, 0.5) is 5.69 Å². The maximum Gasteiger partial charge on any atom is 0.237 e. The summed E-state index contributed by atoms with van der Waals surface area (Å²) in [6.45, 7) is 8.34. The van der Waals surface area contributed by atoms with Crippen LogP contribution in [0.5, 0.6) is 5.75 Å². The Kier molecular flexibility index (Phi) is 6.66. The molecule has 0 bridgehead atoms. The van der Waals surface area contributed by atoms with E-state index in [2.05, 4.69) is 15.5 Å². The Balaban J connectivity index is 1.54. The molecule has 0 radical (unpaired) electrons. The first-order valence-corrected chi connectivity index (χ1v) is 10.6. The molecule has 0 aliphatic carbocycles. The number of amides is 1. The van der Waals surface area contributed by atoms with Crippen LogP contribution < -0.4 is 15.9 Å². The molecule has 3 rings (SSSR count). The summed E-state index contributed by atoms with van der Waals surface area (Å²) in [5, 5.41) is 11.3. The Morgan fingerprint density at radius 3 is 2.40 bits per heavy atom. The van der Waals surface area contributed by atoms with Gasteiger partial charge in [-0.15, -0.1) is 10.2 Å². The zero-order chi connectivity index (χ0) is 21.7. The van der Waals surface area contributed by atoms with E-state index in [4.69, 9.17) is 10.6 Å². The fraction of sp³-hybridized carbons (Fsp3) is 0.318. The number of nitrogens with one attached hydrogen (secondary N) is 1. The molecule has 7 nitrogen and oxygen atoms in total. The summed E-state index contributed by atoms with van der Waals surface area (Å²) in [7, 11) is 0. The third-order valence-electron chi connectivity index (χ3n) is 4.36. The molecular formula is C22H27N5O2S. The number of rotatable bonds is 7. The van der Waals surface area contributed by atoms with Gasteiger partial charge in [0.1, 0.15) is 12.4 Å². The fourth-order valence-electron chi connectivity index (χ4n) is 2.70. The molecule has 0 fully saturated rings. The summed E-state index contributed by atoms with van der Waals surface area (Å²) in [5.41, 5.74) is 1.57. The van der Waals surface area contributed by atoms with Gasteiger partial charge in [0.25, 0.3) is 0 Å². The number of carbonyl (C=O) groups is 1. The second-order valence-corrected chi connectivity index (χ2v) is 9.28. The Hall–Kier alpha value is -3.00. The lowest BCUT2D eigenvalue weighted by molar-refractivity contribution is -0.115. The normalized spacial score (nSPS) is 12.4. The summed E-state index contributed by atoms with van der Waals surface area (Å²) >= 11 is 1.27. The fourth-order valence-corrected chi connectivity index (χ4v) is 3.47. The molecule has 0 saturated carbocycles. The highest BCUT2D eigenvalue weighted by molar-refractivity contribution is 8.00. The monoisotopic (exact) mass is 425 g/mol.